The van der Waals surface area contributed by atoms with Gasteiger partial charge in [0.1, 0.15) is 12.4 Å². The summed E-state index contributed by atoms with van der Waals surface area (Å²) >= 11 is 0. The Hall–Kier alpha value is -1.98. The van der Waals surface area contributed by atoms with E-state index < -0.39 is 0 Å². The SMILES string of the molecule is Cl.NCC1CCCC1NC(=O)c1occc1COc1ccccc1. The topological polar surface area (TPSA) is 77.5 Å². The second kappa shape index (κ2) is 8.76. The molecular weight excluding hydrogens is 328 g/mol. The van der Waals surface area contributed by atoms with Crippen molar-refractivity contribution in [2.24, 2.45) is 11.7 Å². The summed E-state index contributed by atoms with van der Waals surface area (Å²) < 4.78 is 11.1. The van der Waals surface area contributed by atoms with Gasteiger partial charge in [-0.15, -0.1) is 12.4 Å². The van der Waals surface area contributed by atoms with Gasteiger partial charge >= 0.3 is 0 Å². The molecule has 2 unspecified atom stereocenters. The lowest BCUT2D eigenvalue weighted by Crippen LogP contribution is -2.40. The Morgan fingerprint density at radius 1 is 1.25 bits per heavy atom. The molecule has 1 amide bonds. The van der Waals surface area contributed by atoms with Crippen LogP contribution in [0.5, 0.6) is 5.75 Å². The third-order valence-corrected chi connectivity index (χ3v) is 4.37. The zero-order valence-electron chi connectivity index (χ0n) is 13.4. The van der Waals surface area contributed by atoms with Crippen LogP contribution in [0.2, 0.25) is 0 Å². The largest absolute Gasteiger partial charge is 0.489 e. The number of nitrogens with one attached hydrogen (secondary N) is 1. The lowest BCUT2D eigenvalue weighted by molar-refractivity contribution is 0.0897. The molecule has 24 heavy (non-hydrogen) atoms. The van der Waals surface area contributed by atoms with Crippen molar-refractivity contribution in [3.8, 4) is 5.75 Å². The maximum Gasteiger partial charge on any atom is 0.287 e. The van der Waals surface area contributed by atoms with Gasteiger partial charge in [0.2, 0.25) is 0 Å². The van der Waals surface area contributed by atoms with Gasteiger partial charge in [0.15, 0.2) is 5.76 Å². The van der Waals surface area contributed by atoms with E-state index in [-0.39, 0.29) is 24.4 Å². The van der Waals surface area contributed by atoms with E-state index in [1.54, 1.807) is 6.07 Å². The summed E-state index contributed by atoms with van der Waals surface area (Å²) in [7, 11) is 0. The molecule has 2 aromatic rings. The minimum absolute atomic E-state index is 0. The van der Waals surface area contributed by atoms with Crippen LogP contribution in [-0.4, -0.2) is 18.5 Å². The Labute approximate surface area is 148 Å². The Morgan fingerprint density at radius 3 is 2.79 bits per heavy atom. The minimum atomic E-state index is -0.188. The monoisotopic (exact) mass is 350 g/mol. The van der Waals surface area contributed by atoms with Crippen molar-refractivity contribution in [2.75, 3.05) is 6.54 Å². The zero-order valence-corrected chi connectivity index (χ0v) is 14.3. The number of para-hydroxylation sites is 1. The van der Waals surface area contributed by atoms with Crippen molar-refractivity contribution in [1.29, 1.82) is 0 Å². The lowest BCUT2D eigenvalue weighted by atomic mass is 10.0. The third-order valence-electron chi connectivity index (χ3n) is 4.37. The van der Waals surface area contributed by atoms with Crippen LogP contribution in [0.25, 0.3) is 0 Å². The highest BCUT2D eigenvalue weighted by Crippen LogP contribution is 2.25. The Bertz CT molecular complexity index is 645. The standard InChI is InChI=1S/C18H22N2O3.ClH/c19-11-13-5-4-8-16(13)20-18(21)17-14(9-10-22-17)12-23-15-6-2-1-3-7-15;/h1-3,6-7,9-10,13,16H,4-5,8,11-12,19H2,(H,20,21);1H. The number of ether oxygens (including phenoxy) is 1. The van der Waals surface area contributed by atoms with Gasteiger partial charge in [-0.2, -0.15) is 0 Å². The number of hydrogen-bond acceptors (Lipinski definition) is 4. The second-order valence-electron chi connectivity index (χ2n) is 5.88. The van der Waals surface area contributed by atoms with Crippen molar-refractivity contribution in [2.45, 2.75) is 31.9 Å². The summed E-state index contributed by atoms with van der Waals surface area (Å²) in [5.74, 6) is 1.26. The summed E-state index contributed by atoms with van der Waals surface area (Å²) in [5.41, 5.74) is 6.51. The Kier molecular flexibility index (Phi) is 6.70. The molecule has 3 N–H and O–H groups in total. The number of furan rings is 1. The van der Waals surface area contributed by atoms with Crippen LogP contribution >= 0.6 is 12.4 Å². The maximum absolute atomic E-state index is 12.5. The fourth-order valence-corrected chi connectivity index (χ4v) is 3.07. The van der Waals surface area contributed by atoms with Gasteiger partial charge in [0.25, 0.3) is 5.91 Å². The van der Waals surface area contributed by atoms with E-state index >= 15 is 0 Å². The van der Waals surface area contributed by atoms with Gasteiger partial charge in [0, 0.05) is 11.6 Å². The van der Waals surface area contributed by atoms with Crippen LogP contribution in [0.4, 0.5) is 0 Å². The predicted molar refractivity (Wildman–Crippen MR) is 94.4 cm³/mol. The van der Waals surface area contributed by atoms with Crippen LogP contribution < -0.4 is 15.8 Å². The molecule has 0 bridgehead atoms. The van der Waals surface area contributed by atoms with Crippen LogP contribution in [0.3, 0.4) is 0 Å². The molecule has 3 rings (SSSR count). The third kappa shape index (κ3) is 4.30. The van der Waals surface area contributed by atoms with Crippen LogP contribution in [0.15, 0.2) is 47.1 Å². The summed E-state index contributed by atoms with van der Waals surface area (Å²) in [4.78, 5) is 12.5. The molecule has 1 saturated carbocycles. The average molecular weight is 351 g/mol. The molecular formula is C18H23ClN2O3. The van der Waals surface area contributed by atoms with Crippen molar-refractivity contribution in [3.63, 3.8) is 0 Å². The van der Waals surface area contributed by atoms with Gasteiger partial charge in [0.05, 0.1) is 6.26 Å². The first-order valence-corrected chi connectivity index (χ1v) is 8.03. The molecule has 0 radical (unpaired) electrons. The van der Waals surface area contributed by atoms with Crippen molar-refractivity contribution < 1.29 is 13.9 Å². The normalized spacial score (nSPS) is 19.5. The number of carbonyl (C=O) groups excluding carboxylic acids is 1. The molecule has 1 aromatic carbocycles. The molecule has 0 saturated heterocycles. The van der Waals surface area contributed by atoms with E-state index in [4.69, 9.17) is 14.9 Å². The molecule has 5 nitrogen and oxygen atoms in total. The predicted octanol–water partition coefficient (Wildman–Crippen LogP) is 3.14. The van der Waals surface area contributed by atoms with E-state index in [1.165, 1.54) is 6.26 Å². The molecule has 1 aromatic heterocycles. The molecule has 1 heterocycles. The van der Waals surface area contributed by atoms with Gasteiger partial charge < -0.3 is 20.2 Å². The van der Waals surface area contributed by atoms with Gasteiger partial charge in [-0.05, 0) is 43.5 Å². The summed E-state index contributed by atoms with van der Waals surface area (Å²) in [6.45, 7) is 0.904. The highest BCUT2D eigenvalue weighted by molar-refractivity contribution is 5.93. The van der Waals surface area contributed by atoms with Crippen molar-refractivity contribution >= 4 is 18.3 Å². The van der Waals surface area contributed by atoms with E-state index in [2.05, 4.69) is 5.32 Å². The van der Waals surface area contributed by atoms with Gasteiger partial charge in [-0.1, -0.05) is 24.6 Å². The molecule has 1 aliphatic rings. The maximum atomic E-state index is 12.5. The smallest absolute Gasteiger partial charge is 0.287 e. The van der Waals surface area contributed by atoms with Crippen molar-refractivity contribution in [1.82, 2.24) is 5.32 Å². The molecule has 0 aliphatic heterocycles. The molecule has 130 valence electrons. The summed E-state index contributed by atoms with van der Waals surface area (Å²) in [6, 6.07) is 11.4. The fraction of sp³-hybridized carbons (Fsp3) is 0.389. The van der Waals surface area contributed by atoms with E-state index in [9.17, 15) is 4.79 Å². The molecule has 6 heteroatoms. The number of carbonyl (C=O) groups is 1. The first-order valence-electron chi connectivity index (χ1n) is 8.03. The zero-order chi connectivity index (χ0) is 16.1. The summed E-state index contributed by atoms with van der Waals surface area (Å²) in [6.07, 6.45) is 4.68. The molecule has 1 fully saturated rings. The van der Waals surface area contributed by atoms with Gasteiger partial charge in [-0.25, -0.2) is 0 Å². The number of benzene rings is 1. The van der Waals surface area contributed by atoms with E-state index in [0.29, 0.717) is 24.8 Å². The molecule has 1 aliphatic carbocycles. The minimum Gasteiger partial charge on any atom is -0.489 e. The first-order chi connectivity index (χ1) is 11.3. The highest BCUT2D eigenvalue weighted by Gasteiger charge is 2.29. The number of hydrogen-bond donors (Lipinski definition) is 2. The number of nitrogens with two attached hydrogens (primary N) is 1. The van der Waals surface area contributed by atoms with Crippen LogP contribution in [0.1, 0.15) is 35.4 Å². The van der Waals surface area contributed by atoms with Crippen LogP contribution in [0, 0.1) is 5.92 Å². The second-order valence-corrected chi connectivity index (χ2v) is 5.88. The first kappa shape index (κ1) is 18.4. The van der Waals surface area contributed by atoms with Crippen LogP contribution in [-0.2, 0) is 6.61 Å². The number of rotatable bonds is 6. The summed E-state index contributed by atoms with van der Waals surface area (Å²) in [5, 5.41) is 3.05. The lowest BCUT2D eigenvalue weighted by Gasteiger charge is -2.19. The fourth-order valence-electron chi connectivity index (χ4n) is 3.07. The Balaban J connectivity index is 0.00000208. The van der Waals surface area contributed by atoms with Crippen molar-refractivity contribution in [3.05, 3.63) is 54.0 Å². The van der Waals surface area contributed by atoms with E-state index in [1.807, 2.05) is 30.3 Å². The number of halogens is 1. The average Bonchev–Trinajstić information content (AvgIpc) is 3.22. The van der Waals surface area contributed by atoms with Gasteiger partial charge in [-0.3, -0.25) is 4.79 Å². The highest BCUT2D eigenvalue weighted by atomic mass is 35.5. The molecule has 2 atom stereocenters. The number of amides is 1. The molecule has 0 spiro atoms. The van der Waals surface area contributed by atoms with E-state index in [0.717, 1.165) is 30.6 Å². The quantitative estimate of drug-likeness (QED) is 0.839. The Morgan fingerprint density at radius 2 is 2.04 bits per heavy atom.